The summed E-state index contributed by atoms with van der Waals surface area (Å²) < 4.78 is 11.2. The fourth-order valence-corrected chi connectivity index (χ4v) is 2.28. The second-order valence-corrected chi connectivity index (χ2v) is 5.50. The number of ether oxygens (including phenoxy) is 2. The molecule has 144 valence electrons. The number of aliphatic hydroxyl groups is 1. The maximum absolute atomic E-state index is 11.6. The number of hydrogen-bond acceptors (Lipinski definition) is 7. The number of nitrogens with one attached hydrogen (secondary N) is 2. The summed E-state index contributed by atoms with van der Waals surface area (Å²) in [6.07, 6.45) is 4.81. The summed E-state index contributed by atoms with van der Waals surface area (Å²) in [6, 6.07) is 10.0. The molecule has 0 atom stereocenters. The van der Waals surface area contributed by atoms with Gasteiger partial charge < -0.3 is 19.9 Å². The van der Waals surface area contributed by atoms with E-state index in [9.17, 15) is 4.79 Å². The fourth-order valence-electron chi connectivity index (χ4n) is 2.28. The number of carbonyl (C=O) groups is 1. The van der Waals surface area contributed by atoms with Crippen molar-refractivity contribution in [2.75, 3.05) is 25.6 Å². The van der Waals surface area contributed by atoms with E-state index in [1.165, 1.54) is 7.05 Å². The van der Waals surface area contributed by atoms with Crippen LogP contribution in [0.15, 0.2) is 55.0 Å². The van der Waals surface area contributed by atoms with E-state index < -0.39 is 6.03 Å². The number of nitrogens with zero attached hydrogens (tertiary/aromatic N) is 3. The largest absolute Gasteiger partial charge is 0.475 e. The van der Waals surface area contributed by atoms with Crippen LogP contribution in [0.5, 0.6) is 17.5 Å². The first-order chi connectivity index (χ1) is 13.7. The van der Waals surface area contributed by atoms with Crippen molar-refractivity contribution in [2.45, 2.75) is 0 Å². The molecule has 9 nitrogen and oxygen atoms in total. The average Bonchev–Trinajstić information content (AvgIpc) is 2.73. The third-order valence-corrected chi connectivity index (χ3v) is 3.58. The van der Waals surface area contributed by atoms with Gasteiger partial charge in [0.05, 0.1) is 6.61 Å². The van der Waals surface area contributed by atoms with E-state index in [0.29, 0.717) is 28.9 Å². The Morgan fingerprint density at radius 2 is 2.00 bits per heavy atom. The molecule has 0 saturated carbocycles. The summed E-state index contributed by atoms with van der Waals surface area (Å²) >= 11 is 0. The van der Waals surface area contributed by atoms with Crippen LogP contribution in [0.4, 0.5) is 10.6 Å². The number of rotatable bonds is 7. The van der Waals surface area contributed by atoms with Gasteiger partial charge >= 0.3 is 6.03 Å². The van der Waals surface area contributed by atoms with Gasteiger partial charge in [0.2, 0.25) is 11.8 Å². The van der Waals surface area contributed by atoms with Gasteiger partial charge in [-0.1, -0.05) is 6.07 Å². The van der Waals surface area contributed by atoms with E-state index in [4.69, 9.17) is 14.6 Å². The highest BCUT2D eigenvalue weighted by Gasteiger charge is 2.13. The third-order valence-electron chi connectivity index (χ3n) is 3.58. The molecule has 0 unspecified atom stereocenters. The zero-order chi connectivity index (χ0) is 19.8. The van der Waals surface area contributed by atoms with Gasteiger partial charge in [-0.15, -0.1) is 0 Å². The Morgan fingerprint density at radius 1 is 1.11 bits per heavy atom. The fraction of sp³-hybridized carbons (Fsp3) is 0.158. The minimum Gasteiger partial charge on any atom is -0.475 e. The molecule has 0 bridgehead atoms. The molecule has 0 fully saturated rings. The van der Waals surface area contributed by atoms with Crippen LogP contribution < -0.4 is 20.1 Å². The predicted molar refractivity (Wildman–Crippen MR) is 102 cm³/mol. The van der Waals surface area contributed by atoms with Gasteiger partial charge in [-0.2, -0.15) is 0 Å². The molecule has 28 heavy (non-hydrogen) atoms. The Bertz CT molecular complexity index is 919. The average molecular weight is 381 g/mol. The number of aliphatic hydroxyl groups excluding tert-OH is 1. The zero-order valence-electron chi connectivity index (χ0n) is 15.1. The highest BCUT2D eigenvalue weighted by atomic mass is 16.5. The van der Waals surface area contributed by atoms with Gasteiger partial charge in [-0.3, -0.25) is 5.32 Å². The first-order valence-corrected chi connectivity index (χ1v) is 8.47. The molecule has 3 rings (SSSR count). The Morgan fingerprint density at radius 3 is 2.68 bits per heavy atom. The molecule has 2 amide bonds. The van der Waals surface area contributed by atoms with Crippen LogP contribution in [0.2, 0.25) is 0 Å². The lowest BCUT2D eigenvalue weighted by molar-refractivity contribution is 0.196. The van der Waals surface area contributed by atoms with Crippen LogP contribution >= 0.6 is 0 Å². The predicted octanol–water partition coefficient (Wildman–Crippen LogP) is 2.45. The minimum atomic E-state index is -0.393. The van der Waals surface area contributed by atoms with E-state index in [0.717, 1.165) is 5.56 Å². The van der Waals surface area contributed by atoms with Crippen molar-refractivity contribution in [1.82, 2.24) is 20.3 Å². The van der Waals surface area contributed by atoms with Crippen molar-refractivity contribution in [3.63, 3.8) is 0 Å². The number of urea groups is 1. The van der Waals surface area contributed by atoms with E-state index in [-0.39, 0.29) is 13.2 Å². The molecule has 3 aromatic rings. The summed E-state index contributed by atoms with van der Waals surface area (Å²) in [5.74, 6) is 1.57. The Hall–Kier alpha value is -3.72. The molecule has 0 aliphatic heterocycles. The van der Waals surface area contributed by atoms with Gasteiger partial charge in [0.1, 0.15) is 18.2 Å². The second-order valence-electron chi connectivity index (χ2n) is 5.50. The number of aromatic nitrogens is 3. The summed E-state index contributed by atoms with van der Waals surface area (Å²) in [5, 5.41) is 13.9. The maximum Gasteiger partial charge on any atom is 0.320 e. The highest BCUT2D eigenvalue weighted by molar-refractivity contribution is 5.88. The first-order valence-electron chi connectivity index (χ1n) is 8.47. The molecule has 3 aromatic heterocycles. The molecule has 0 aliphatic carbocycles. The van der Waals surface area contributed by atoms with Crippen LogP contribution in [-0.4, -0.2) is 46.4 Å². The van der Waals surface area contributed by atoms with Gasteiger partial charge in [0, 0.05) is 55.0 Å². The minimum absolute atomic E-state index is 0.0881. The normalized spacial score (nSPS) is 10.2. The molecule has 0 spiro atoms. The van der Waals surface area contributed by atoms with Crippen LogP contribution in [-0.2, 0) is 0 Å². The molecule has 0 aromatic carbocycles. The molecule has 3 heterocycles. The van der Waals surface area contributed by atoms with Crippen molar-refractivity contribution in [3.05, 3.63) is 55.0 Å². The quantitative estimate of drug-likeness (QED) is 0.575. The Balaban J connectivity index is 1.93. The van der Waals surface area contributed by atoms with Crippen molar-refractivity contribution >= 4 is 11.8 Å². The number of hydrogen-bond donors (Lipinski definition) is 3. The van der Waals surface area contributed by atoms with E-state index in [1.54, 1.807) is 48.9 Å². The smallest absolute Gasteiger partial charge is 0.320 e. The van der Waals surface area contributed by atoms with Crippen LogP contribution in [0.1, 0.15) is 0 Å². The number of amides is 2. The second kappa shape index (κ2) is 9.28. The molecule has 0 saturated heterocycles. The molecule has 0 radical (unpaired) electrons. The topological polar surface area (TPSA) is 118 Å². The van der Waals surface area contributed by atoms with Crippen LogP contribution in [0.25, 0.3) is 11.1 Å². The first kappa shape index (κ1) is 19.1. The zero-order valence-corrected chi connectivity index (χ0v) is 15.1. The molecule has 0 aliphatic rings. The van der Waals surface area contributed by atoms with Crippen molar-refractivity contribution in [3.8, 4) is 28.6 Å². The third kappa shape index (κ3) is 4.92. The Kier molecular flexibility index (Phi) is 6.32. The monoisotopic (exact) mass is 381 g/mol. The van der Waals surface area contributed by atoms with Crippen LogP contribution in [0, 0.1) is 0 Å². The lowest BCUT2D eigenvalue weighted by Crippen LogP contribution is -2.24. The van der Waals surface area contributed by atoms with E-state index in [2.05, 4.69) is 25.6 Å². The Labute approximate surface area is 161 Å². The summed E-state index contributed by atoms with van der Waals surface area (Å²) in [7, 11) is 1.51. The number of anilines is 1. The van der Waals surface area contributed by atoms with Crippen molar-refractivity contribution in [2.24, 2.45) is 0 Å². The summed E-state index contributed by atoms with van der Waals surface area (Å²) in [5.41, 5.74) is 1.40. The van der Waals surface area contributed by atoms with E-state index in [1.807, 2.05) is 6.07 Å². The van der Waals surface area contributed by atoms with Crippen molar-refractivity contribution < 1.29 is 19.4 Å². The van der Waals surface area contributed by atoms with Gasteiger partial charge in [0.25, 0.3) is 0 Å². The maximum atomic E-state index is 11.6. The van der Waals surface area contributed by atoms with Gasteiger partial charge in [-0.05, 0) is 12.1 Å². The van der Waals surface area contributed by atoms with Crippen molar-refractivity contribution in [1.29, 1.82) is 0 Å². The van der Waals surface area contributed by atoms with E-state index >= 15 is 0 Å². The lowest BCUT2D eigenvalue weighted by atomic mass is 10.1. The molecule has 9 heteroatoms. The summed E-state index contributed by atoms with van der Waals surface area (Å²) in [4.78, 5) is 24.2. The van der Waals surface area contributed by atoms with Crippen LogP contribution in [0.3, 0.4) is 0 Å². The lowest BCUT2D eigenvalue weighted by Gasteiger charge is -2.13. The molecule has 3 N–H and O–H groups in total. The number of carbonyl (C=O) groups excluding carboxylic acids is 1. The molecular formula is C19H19N5O4. The molecular weight excluding hydrogens is 362 g/mol. The standard InChI is InChI=1S/C19H19N5O4/c1-20-19(26)24-16-10-15(28-18-4-2-3-7-21-18)14(12-22-16)13-5-6-17(23-11-13)27-9-8-25/h2-7,10-12,25H,8-9H2,1H3,(H2,20,22,24,26). The van der Waals surface area contributed by atoms with Gasteiger partial charge in [-0.25, -0.2) is 19.7 Å². The highest BCUT2D eigenvalue weighted by Crippen LogP contribution is 2.34. The SMILES string of the molecule is CNC(=O)Nc1cc(Oc2ccccn2)c(-c2ccc(OCCO)nc2)cn1. The number of pyridine rings is 3. The van der Waals surface area contributed by atoms with Gasteiger partial charge in [0.15, 0.2) is 0 Å². The summed E-state index contributed by atoms with van der Waals surface area (Å²) in [6.45, 7) is 0.0804.